The van der Waals surface area contributed by atoms with Crippen molar-refractivity contribution in [1.29, 1.82) is 5.26 Å². The highest BCUT2D eigenvalue weighted by Crippen LogP contribution is 2.36. The minimum Gasteiger partial charge on any atom is -0.504 e. The van der Waals surface area contributed by atoms with Crippen LogP contribution in [0.3, 0.4) is 0 Å². The Balaban J connectivity index is 2.97. The molecular weight excluding hydrogens is 400 g/mol. The van der Waals surface area contributed by atoms with Gasteiger partial charge in [0.05, 0.1) is 11.5 Å². The van der Waals surface area contributed by atoms with E-state index in [0.29, 0.717) is 0 Å². The Hall–Kier alpha value is -3.98. The number of nitro groups is 1. The highest BCUT2D eigenvalue weighted by molar-refractivity contribution is 6.01. The van der Waals surface area contributed by atoms with Gasteiger partial charge in [-0.05, 0) is 31.6 Å². The molecule has 1 rings (SSSR count). The molecule has 1 aromatic rings. The van der Waals surface area contributed by atoms with Crippen molar-refractivity contribution in [2.24, 2.45) is 0 Å². The summed E-state index contributed by atoms with van der Waals surface area (Å²) in [4.78, 5) is 45.5. The Morgan fingerprint density at radius 1 is 1.43 bits per heavy atom. The average Bonchev–Trinajstić information content (AvgIpc) is 2.71. The molecule has 3 N–H and O–H groups in total. The Morgan fingerprint density at radius 3 is 2.63 bits per heavy atom. The maximum absolute atomic E-state index is 12.6. The number of hydrogen-bond acceptors (Lipinski definition) is 9. The van der Waals surface area contributed by atoms with Crippen LogP contribution in [-0.2, 0) is 19.1 Å². The van der Waals surface area contributed by atoms with Crippen molar-refractivity contribution in [1.82, 2.24) is 10.2 Å². The fourth-order valence-electron chi connectivity index (χ4n) is 2.32. The third-order valence-corrected chi connectivity index (χ3v) is 3.92. The number of hydrogen-bond donors (Lipinski definition) is 3. The topological polar surface area (TPSA) is 183 Å². The molecule has 0 spiro atoms. The van der Waals surface area contributed by atoms with E-state index in [1.54, 1.807) is 13.0 Å². The Bertz CT molecular complexity index is 906. The summed E-state index contributed by atoms with van der Waals surface area (Å²) in [6, 6.07) is 3.58. The highest BCUT2D eigenvalue weighted by Gasteiger charge is 2.21. The monoisotopic (exact) mass is 420 g/mol. The molecule has 12 heteroatoms. The van der Waals surface area contributed by atoms with Gasteiger partial charge in [-0.25, -0.2) is 0 Å². The van der Waals surface area contributed by atoms with Crippen LogP contribution in [0.5, 0.6) is 11.5 Å². The molecule has 12 nitrogen and oxygen atoms in total. The van der Waals surface area contributed by atoms with E-state index in [9.17, 15) is 40.0 Å². The SMILES string of the molecule is CCN(CCO[C@H](C)C(=O)NC=O)C(=O)/C(C#N)=C/c1cc(O)c(O)c([N+](=O)[O-])c1. The molecule has 0 saturated carbocycles. The Morgan fingerprint density at radius 2 is 2.10 bits per heavy atom. The summed E-state index contributed by atoms with van der Waals surface area (Å²) in [5, 5.41) is 41.3. The van der Waals surface area contributed by atoms with Crippen molar-refractivity contribution in [2.75, 3.05) is 19.7 Å². The van der Waals surface area contributed by atoms with Gasteiger partial charge in [-0.3, -0.25) is 29.8 Å². The highest BCUT2D eigenvalue weighted by atomic mass is 16.6. The number of ether oxygens (including phenoxy) is 1. The lowest BCUT2D eigenvalue weighted by Crippen LogP contribution is -2.38. The number of phenolic OH excluding ortho intramolecular Hbond substituents is 2. The summed E-state index contributed by atoms with van der Waals surface area (Å²) < 4.78 is 5.24. The van der Waals surface area contributed by atoms with Crippen molar-refractivity contribution in [2.45, 2.75) is 20.0 Å². The van der Waals surface area contributed by atoms with E-state index in [1.807, 2.05) is 5.32 Å². The fourth-order valence-corrected chi connectivity index (χ4v) is 2.32. The number of carbonyl (C=O) groups excluding carboxylic acids is 3. The van der Waals surface area contributed by atoms with Crippen molar-refractivity contribution >= 4 is 30.0 Å². The van der Waals surface area contributed by atoms with E-state index in [2.05, 4.69) is 0 Å². The number of nitriles is 1. The third kappa shape index (κ3) is 6.28. The summed E-state index contributed by atoms with van der Waals surface area (Å²) in [6.07, 6.45) is 0.327. The van der Waals surface area contributed by atoms with E-state index in [0.717, 1.165) is 18.2 Å². The van der Waals surface area contributed by atoms with E-state index in [-0.39, 0.29) is 37.2 Å². The van der Waals surface area contributed by atoms with Crippen LogP contribution in [0.1, 0.15) is 19.4 Å². The Labute approximate surface area is 171 Å². The lowest BCUT2D eigenvalue weighted by atomic mass is 10.1. The molecular formula is C18H20N4O8. The maximum Gasteiger partial charge on any atom is 0.315 e. The number of carbonyl (C=O) groups is 3. The molecule has 0 aromatic heterocycles. The summed E-state index contributed by atoms with van der Waals surface area (Å²) in [5.74, 6) is -3.06. The summed E-state index contributed by atoms with van der Waals surface area (Å²) in [7, 11) is 0. The van der Waals surface area contributed by atoms with E-state index < -0.39 is 40.0 Å². The number of imide groups is 1. The fraction of sp³-hybridized carbons (Fsp3) is 0.333. The standard InChI is InChI=1S/C18H20N4O8/c1-3-21(4-5-30-11(2)17(26)20-10-23)18(27)13(9-19)6-12-7-14(22(28)29)16(25)15(24)8-12/h6-8,10-11,24-25H,3-5H2,1-2H3,(H,20,23,26)/b13-6+/t11-/m1/s1. The zero-order valence-corrected chi connectivity index (χ0v) is 16.2. The summed E-state index contributed by atoms with van der Waals surface area (Å²) in [6.45, 7) is 3.22. The van der Waals surface area contributed by atoms with Crippen molar-refractivity contribution < 1.29 is 34.3 Å². The minimum atomic E-state index is -0.935. The molecule has 0 aliphatic carbocycles. The summed E-state index contributed by atoms with van der Waals surface area (Å²) in [5.41, 5.74) is -1.19. The van der Waals surface area contributed by atoms with Crippen molar-refractivity contribution in [3.63, 3.8) is 0 Å². The molecule has 0 aliphatic heterocycles. The smallest absolute Gasteiger partial charge is 0.315 e. The van der Waals surface area contributed by atoms with Gasteiger partial charge in [0.2, 0.25) is 12.2 Å². The number of amides is 3. The van der Waals surface area contributed by atoms with E-state index in [4.69, 9.17) is 4.74 Å². The first-order valence-corrected chi connectivity index (χ1v) is 8.63. The molecule has 1 atom stereocenters. The van der Waals surface area contributed by atoms with Crippen LogP contribution in [0.4, 0.5) is 5.69 Å². The number of nitrogens with zero attached hydrogens (tertiary/aromatic N) is 3. The first kappa shape index (κ1) is 24.1. The van der Waals surface area contributed by atoms with Gasteiger partial charge in [0, 0.05) is 19.2 Å². The number of aromatic hydroxyl groups is 2. The zero-order valence-electron chi connectivity index (χ0n) is 16.2. The molecule has 3 amide bonds. The lowest BCUT2D eigenvalue weighted by Gasteiger charge is -2.21. The van der Waals surface area contributed by atoms with E-state index in [1.165, 1.54) is 11.8 Å². The first-order chi connectivity index (χ1) is 14.2. The molecule has 0 heterocycles. The largest absolute Gasteiger partial charge is 0.504 e. The third-order valence-electron chi connectivity index (χ3n) is 3.92. The number of likely N-dealkylation sites (N-methyl/N-ethyl adjacent to an activating group) is 1. The number of phenols is 2. The predicted molar refractivity (Wildman–Crippen MR) is 102 cm³/mol. The number of nitro benzene ring substituents is 1. The lowest BCUT2D eigenvalue weighted by molar-refractivity contribution is -0.386. The van der Waals surface area contributed by atoms with Gasteiger partial charge in [0.1, 0.15) is 17.7 Å². The predicted octanol–water partition coefficient (Wildman–Crippen LogP) is 0.439. The van der Waals surface area contributed by atoms with Crippen LogP contribution in [0.2, 0.25) is 0 Å². The number of nitrogens with one attached hydrogen (secondary N) is 1. The second kappa shape index (κ2) is 11.1. The second-order valence-electron chi connectivity index (χ2n) is 5.86. The van der Waals surface area contributed by atoms with Crippen LogP contribution in [0, 0.1) is 21.4 Å². The summed E-state index contributed by atoms with van der Waals surface area (Å²) >= 11 is 0. The van der Waals surface area contributed by atoms with Gasteiger partial charge in [0.25, 0.3) is 11.8 Å². The normalized spacial score (nSPS) is 11.8. The second-order valence-corrected chi connectivity index (χ2v) is 5.86. The van der Waals surface area contributed by atoms with Crippen LogP contribution in [0.25, 0.3) is 6.08 Å². The molecule has 0 saturated heterocycles. The van der Waals surface area contributed by atoms with Crippen LogP contribution in [0.15, 0.2) is 17.7 Å². The van der Waals surface area contributed by atoms with Gasteiger partial charge < -0.3 is 19.8 Å². The zero-order chi connectivity index (χ0) is 22.8. The molecule has 0 fully saturated rings. The molecule has 0 radical (unpaired) electrons. The first-order valence-electron chi connectivity index (χ1n) is 8.63. The van der Waals surface area contributed by atoms with Gasteiger partial charge >= 0.3 is 5.69 Å². The molecule has 0 bridgehead atoms. The van der Waals surface area contributed by atoms with Crippen molar-refractivity contribution in [3.05, 3.63) is 33.4 Å². The van der Waals surface area contributed by atoms with Gasteiger partial charge in [-0.1, -0.05) is 0 Å². The minimum absolute atomic E-state index is 0.0219. The van der Waals surface area contributed by atoms with Crippen LogP contribution < -0.4 is 5.32 Å². The molecule has 1 aromatic carbocycles. The van der Waals surface area contributed by atoms with Crippen LogP contribution >= 0.6 is 0 Å². The van der Waals surface area contributed by atoms with Gasteiger partial charge in [-0.2, -0.15) is 5.26 Å². The molecule has 30 heavy (non-hydrogen) atoms. The number of rotatable bonds is 10. The molecule has 0 aliphatic rings. The van der Waals surface area contributed by atoms with Gasteiger partial charge in [-0.15, -0.1) is 0 Å². The Kier molecular flexibility index (Phi) is 8.92. The van der Waals surface area contributed by atoms with E-state index >= 15 is 0 Å². The maximum atomic E-state index is 12.6. The number of benzene rings is 1. The quantitative estimate of drug-likeness (QED) is 0.121. The van der Waals surface area contributed by atoms with Crippen LogP contribution in [-0.4, -0.2) is 64.1 Å². The van der Waals surface area contributed by atoms with Gasteiger partial charge in [0.15, 0.2) is 5.75 Å². The molecule has 0 unspecified atom stereocenters. The average molecular weight is 420 g/mol. The molecule has 160 valence electrons. The van der Waals surface area contributed by atoms with Crippen molar-refractivity contribution in [3.8, 4) is 17.6 Å².